The first-order valence-electron chi connectivity index (χ1n) is 14.0. The number of allylic oxidation sites excluding steroid dienone is 3. The molecule has 7 nitrogen and oxygen atoms in total. The van der Waals surface area contributed by atoms with E-state index in [-0.39, 0.29) is 29.1 Å². The molecule has 1 heterocycles. The van der Waals surface area contributed by atoms with Crippen LogP contribution < -0.4 is 0 Å². The van der Waals surface area contributed by atoms with E-state index in [2.05, 4.69) is 32.2 Å². The number of hydrogen-bond acceptors (Lipinski definition) is 6. The first-order valence-corrected chi connectivity index (χ1v) is 14.0. The molecule has 8 atom stereocenters. The Morgan fingerprint density at radius 3 is 2.62 bits per heavy atom. The van der Waals surface area contributed by atoms with Crippen LogP contribution in [0.2, 0.25) is 0 Å². The summed E-state index contributed by atoms with van der Waals surface area (Å²) in [6.45, 7) is 9.07. The van der Waals surface area contributed by atoms with E-state index in [0.29, 0.717) is 12.8 Å². The fraction of sp³-hybridized carbons (Fsp3) is 0.531. The van der Waals surface area contributed by atoms with Crippen molar-refractivity contribution in [2.24, 2.45) is 34.5 Å². The van der Waals surface area contributed by atoms with Gasteiger partial charge in [-0.05, 0) is 73.3 Å². The largest absolute Gasteiger partial charge is 0.458 e. The van der Waals surface area contributed by atoms with Crippen molar-refractivity contribution in [2.45, 2.75) is 65.6 Å². The van der Waals surface area contributed by atoms with E-state index < -0.39 is 35.5 Å². The summed E-state index contributed by atoms with van der Waals surface area (Å²) in [6, 6.07) is 10.1. The van der Waals surface area contributed by atoms with E-state index in [1.807, 2.05) is 48.9 Å². The number of benzene rings is 1. The third-order valence-corrected chi connectivity index (χ3v) is 10.7. The third-order valence-electron chi connectivity index (χ3n) is 10.7. The topological polar surface area (TPSA) is 102 Å². The Bertz CT molecular complexity index is 1410. The number of carbonyl (C=O) groups excluding carboxylic acids is 2. The van der Waals surface area contributed by atoms with Crippen LogP contribution in [0.5, 0.6) is 0 Å². The molecule has 0 radical (unpaired) electrons. The lowest BCUT2D eigenvalue weighted by Crippen LogP contribution is -2.62. The second kappa shape index (κ2) is 8.73. The van der Waals surface area contributed by atoms with Gasteiger partial charge in [0.25, 0.3) is 0 Å². The Balaban J connectivity index is 1.38. The molecule has 0 bridgehead atoms. The van der Waals surface area contributed by atoms with Crippen LogP contribution in [-0.2, 0) is 20.7 Å². The van der Waals surface area contributed by atoms with Gasteiger partial charge in [-0.2, -0.15) is 5.10 Å². The minimum Gasteiger partial charge on any atom is -0.458 e. The molecule has 1 aromatic carbocycles. The first-order chi connectivity index (χ1) is 18.4. The molecule has 6 rings (SSSR count). The summed E-state index contributed by atoms with van der Waals surface area (Å²) in [6.07, 6.45) is 7.61. The van der Waals surface area contributed by atoms with Crippen molar-refractivity contribution in [3.8, 4) is 5.69 Å². The zero-order valence-corrected chi connectivity index (χ0v) is 23.3. The normalized spacial score (nSPS) is 38.5. The summed E-state index contributed by atoms with van der Waals surface area (Å²) in [5.41, 5.74) is 2.70. The van der Waals surface area contributed by atoms with Crippen molar-refractivity contribution >= 4 is 17.8 Å². The van der Waals surface area contributed by atoms with Crippen LogP contribution in [0.1, 0.15) is 58.7 Å². The number of fused-ring (bicyclic) bond motifs is 6. The Kier molecular flexibility index (Phi) is 5.87. The molecule has 2 saturated carbocycles. The van der Waals surface area contributed by atoms with Crippen LogP contribution in [0, 0.1) is 34.5 Å². The van der Waals surface area contributed by atoms with Crippen molar-refractivity contribution < 1.29 is 24.5 Å². The Morgan fingerprint density at radius 2 is 1.92 bits per heavy atom. The molecule has 4 aliphatic carbocycles. The Hall–Kier alpha value is -3.03. The SMILES string of the molecule is CC(=O)OCC(=O)C1(O)C(C)CC2C3C=C(C)C4=Cc5nn(-c6ccccc6)cc5CC4(C)C3C(O)CC21C. The Labute approximate surface area is 229 Å². The highest BCUT2D eigenvalue weighted by atomic mass is 16.5. The molecule has 0 amide bonds. The van der Waals surface area contributed by atoms with Crippen LogP contribution in [0.15, 0.2) is 53.8 Å². The maximum atomic E-state index is 13.4. The molecule has 2 fully saturated rings. The minimum atomic E-state index is -1.67. The summed E-state index contributed by atoms with van der Waals surface area (Å²) in [4.78, 5) is 24.8. The molecule has 8 unspecified atom stereocenters. The third kappa shape index (κ3) is 3.59. The number of hydrogen-bond donors (Lipinski definition) is 2. The molecule has 2 aromatic rings. The van der Waals surface area contributed by atoms with Gasteiger partial charge in [0.15, 0.2) is 6.61 Å². The van der Waals surface area contributed by atoms with Crippen molar-refractivity contribution in [3.63, 3.8) is 0 Å². The van der Waals surface area contributed by atoms with Gasteiger partial charge in [-0.3, -0.25) is 9.59 Å². The van der Waals surface area contributed by atoms with Gasteiger partial charge < -0.3 is 14.9 Å². The van der Waals surface area contributed by atoms with E-state index in [1.54, 1.807) is 0 Å². The monoisotopic (exact) mass is 530 g/mol. The summed E-state index contributed by atoms with van der Waals surface area (Å²) < 4.78 is 6.95. The average molecular weight is 531 g/mol. The molecule has 1 aromatic heterocycles. The molecule has 7 heteroatoms. The summed E-state index contributed by atoms with van der Waals surface area (Å²) in [7, 11) is 0. The molecule has 0 saturated heterocycles. The molecular formula is C32H38N2O5. The number of aliphatic hydroxyl groups is 2. The quantitative estimate of drug-likeness (QED) is 0.572. The number of aromatic nitrogens is 2. The van der Waals surface area contributed by atoms with Crippen molar-refractivity contribution in [2.75, 3.05) is 6.61 Å². The number of esters is 1. The number of para-hydroxylation sites is 1. The smallest absolute Gasteiger partial charge is 0.303 e. The van der Waals surface area contributed by atoms with Gasteiger partial charge in [0.2, 0.25) is 5.78 Å². The van der Waals surface area contributed by atoms with Crippen LogP contribution in [0.25, 0.3) is 11.8 Å². The average Bonchev–Trinajstić information content (AvgIpc) is 3.38. The van der Waals surface area contributed by atoms with E-state index in [9.17, 15) is 19.8 Å². The van der Waals surface area contributed by atoms with Crippen LogP contribution in [0.3, 0.4) is 0 Å². The summed E-state index contributed by atoms with van der Waals surface area (Å²) in [5, 5.41) is 28.8. The van der Waals surface area contributed by atoms with E-state index in [1.165, 1.54) is 18.1 Å². The molecule has 4 aliphatic rings. The maximum absolute atomic E-state index is 13.4. The van der Waals surface area contributed by atoms with Gasteiger partial charge in [-0.15, -0.1) is 0 Å². The number of aliphatic hydroxyl groups excluding tert-OH is 1. The summed E-state index contributed by atoms with van der Waals surface area (Å²) in [5.74, 6) is -1.38. The number of carbonyl (C=O) groups is 2. The van der Waals surface area contributed by atoms with Crippen LogP contribution >= 0.6 is 0 Å². The lowest BCUT2D eigenvalue weighted by atomic mass is 9.46. The number of ketones is 1. The number of nitrogens with zero attached hydrogens (tertiary/aromatic N) is 2. The first kappa shape index (κ1) is 26.2. The number of ether oxygens (including phenoxy) is 1. The van der Waals surface area contributed by atoms with E-state index >= 15 is 0 Å². The van der Waals surface area contributed by atoms with Gasteiger partial charge >= 0.3 is 5.97 Å². The lowest BCUT2D eigenvalue weighted by Gasteiger charge is -2.59. The fourth-order valence-electron chi connectivity index (χ4n) is 8.98. The molecule has 39 heavy (non-hydrogen) atoms. The van der Waals surface area contributed by atoms with Gasteiger partial charge in [0, 0.05) is 29.9 Å². The van der Waals surface area contributed by atoms with Crippen molar-refractivity contribution in [1.82, 2.24) is 9.78 Å². The number of rotatable bonds is 4. The van der Waals surface area contributed by atoms with E-state index in [0.717, 1.165) is 23.4 Å². The molecular weight excluding hydrogens is 492 g/mol. The predicted octanol–water partition coefficient (Wildman–Crippen LogP) is 4.30. The highest BCUT2D eigenvalue weighted by molar-refractivity contribution is 5.91. The predicted molar refractivity (Wildman–Crippen MR) is 147 cm³/mol. The molecule has 0 aliphatic heterocycles. The van der Waals surface area contributed by atoms with Crippen LogP contribution in [0.4, 0.5) is 0 Å². The molecule has 206 valence electrons. The number of Topliss-reactive ketones (excluding diaryl/α,β-unsaturated/α-hetero) is 1. The zero-order chi connectivity index (χ0) is 27.9. The highest BCUT2D eigenvalue weighted by Gasteiger charge is 2.70. The summed E-state index contributed by atoms with van der Waals surface area (Å²) >= 11 is 0. The van der Waals surface area contributed by atoms with Gasteiger partial charge in [-0.1, -0.05) is 50.6 Å². The zero-order valence-electron chi connectivity index (χ0n) is 23.3. The maximum Gasteiger partial charge on any atom is 0.303 e. The minimum absolute atomic E-state index is 0.00428. The van der Waals surface area contributed by atoms with Crippen molar-refractivity contribution in [1.29, 1.82) is 0 Å². The highest BCUT2D eigenvalue weighted by Crippen LogP contribution is 2.68. The van der Waals surface area contributed by atoms with Gasteiger partial charge in [-0.25, -0.2) is 4.68 Å². The standard InChI is InChI=1S/C32H38N2O5/c1-18-11-23-25-12-19(2)32(38,28(37)17-39-20(3)35)31(25,5)15-27(36)29(23)30(4)14-21-16-34(22-9-7-6-8-10-22)33-26(21)13-24(18)30/h6-11,13,16,19,23,25,27,29,36,38H,12,14-15,17H2,1-5H3. The second-order valence-electron chi connectivity index (χ2n) is 12.8. The molecule has 2 N–H and O–H groups in total. The van der Waals surface area contributed by atoms with E-state index in [4.69, 9.17) is 9.84 Å². The molecule has 0 spiro atoms. The van der Waals surface area contributed by atoms with Crippen LogP contribution in [-0.4, -0.2) is 50.1 Å². The van der Waals surface area contributed by atoms with Crippen molar-refractivity contribution in [3.05, 3.63) is 65.0 Å². The Morgan fingerprint density at radius 1 is 1.21 bits per heavy atom. The fourth-order valence-corrected chi connectivity index (χ4v) is 8.98. The lowest BCUT2D eigenvalue weighted by molar-refractivity contribution is -0.182. The second-order valence-corrected chi connectivity index (χ2v) is 12.8. The van der Waals surface area contributed by atoms with Gasteiger partial charge in [0.05, 0.1) is 17.5 Å². The van der Waals surface area contributed by atoms with Gasteiger partial charge in [0.1, 0.15) is 5.60 Å².